The molecule has 0 aliphatic rings. The molecular weight excluding hydrogens is 357 g/mol. The van der Waals surface area contributed by atoms with Crippen molar-refractivity contribution in [1.29, 1.82) is 0 Å². The largest absolute Gasteiger partial charge is 0.413 e. The third kappa shape index (κ3) is 5.19. The van der Waals surface area contributed by atoms with E-state index in [1.165, 1.54) is 0 Å². The Balaban J connectivity index is 2.48. The molecule has 1 unspecified atom stereocenters. The Hall–Kier alpha value is -1.63. The summed E-state index contributed by atoms with van der Waals surface area (Å²) in [7, 11) is -3.49. The van der Waals surface area contributed by atoms with Crippen molar-refractivity contribution >= 4 is 18.9 Å². The van der Waals surface area contributed by atoms with E-state index in [2.05, 4.69) is 6.92 Å². The number of rotatable bonds is 9. The highest BCUT2D eigenvalue weighted by atomic mass is 28.4. The molecule has 0 saturated heterocycles. The van der Waals surface area contributed by atoms with Gasteiger partial charge in [0.2, 0.25) is 0 Å². The Morgan fingerprint density at radius 3 is 1.81 bits per heavy atom. The van der Waals surface area contributed by atoms with E-state index in [1.54, 1.807) is 48.5 Å². The van der Waals surface area contributed by atoms with Crippen molar-refractivity contribution in [2.75, 3.05) is 6.61 Å². The quantitative estimate of drug-likeness (QED) is 0.472. The van der Waals surface area contributed by atoms with E-state index < -0.39 is 20.8 Å². The first kappa shape index (κ1) is 20.7. The molecule has 2 aromatic carbocycles. The molecular formula is C20H25F3O2Si. The Labute approximate surface area is 154 Å². The SMILES string of the molecule is CCCCCO[Si](OC(C)C(F)(F)F)(c1ccccc1)c1ccccc1. The lowest BCUT2D eigenvalue weighted by atomic mass is 10.3. The minimum Gasteiger partial charge on any atom is -0.388 e. The van der Waals surface area contributed by atoms with E-state index in [4.69, 9.17) is 8.85 Å². The van der Waals surface area contributed by atoms with E-state index in [-0.39, 0.29) is 0 Å². The van der Waals surface area contributed by atoms with Crippen molar-refractivity contribution in [2.45, 2.75) is 45.4 Å². The molecule has 0 aliphatic heterocycles. The van der Waals surface area contributed by atoms with Gasteiger partial charge in [0.15, 0.2) is 0 Å². The summed E-state index contributed by atoms with van der Waals surface area (Å²) < 4.78 is 51.8. The molecule has 0 aliphatic carbocycles. The van der Waals surface area contributed by atoms with Gasteiger partial charge in [-0.05, 0) is 23.7 Å². The molecule has 2 nitrogen and oxygen atoms in total. The maximum atomic E-state index is 13.3. The van der Waals surface area contributed by atoms with Crippen LogP contribution in [0.25, 0.3) is 0 Å². The van der Waals surface area contributed by atoms with E-state index in [9.17, 15) is 13.2 Å². The van der Waals surface area contributed by atoms with Crippen LogP contribution in [0.5, 0.6) is 0 Å². The predicted octanol–water partition coefficient (Wildman–Crippen LogP) is 4.42. The van der Waals surface area contributed by atoms with Gasteiger partial charge in [-0.25, -0.2) is 0 Å². The van der Waals surface area contributed by atoms with Crippen LogP contribution >= 0.6 is 0 Å². The maximum Gasteiger partial charge on any atom is 0.413 e. The zero-order chi connectivity index (χ0) is 19.0. The Morgan fingerprint density at radius 1 is 0.885 bits per heavy atom. The molecule has 26 heavy (non-hydrogen) atoms. The van der Waals surface area contributed by atoms with Gasteiger partial charge in [0.05, 0.1) is 0 Å². The summed E-state index contributed by atoms with van der Waals surface area (Å²) >= 11 is 0. The lowest BCUT2D eigenvalue weighted by Gasteiger charge is -2.34. The second-order valence-electron chi connectivity index (χ2n) is 6.21. The second kappa shape index (κ2) is 9.35. The van der Waals surface area contributed by atoms with E-state index in [1.807, 2.05) is 12.1 Å². The smallest absolute Gasteiger partial charge is 0.388 e. The third-order valence-corrected chi connectivity index (χ3v) is 7.65. The molecule has 0 bridgehead atoms. The molecule has 0 saturated carbocycles. The number of halogens is 3. The summed E-state index contributed by atoms with van der Waals surface area (Å²) in [6.45, 7) is 3.48. The van der Waals surface area contributed by atoms with Crippen molar-refractivity contribution in [3.05, 3.63) is 60.7 Å². The topological polar surface area (TPSA) is 18.5 Å². The molecule has 0 N–H and O–H groups in total. The molecule has 2 rings (SSSR count). The van der Waals surface area contributed by atoms with Crippen LogP contribution < -0.4 is 10.4 Å². The normalized spacial score (nSPS) is 13.6. The third-order valence-electron chi connectivity index (χ3n) is 4.16. The first-order valence-electron chi connectivity index (χ1n) is 8.89. The number of hydrogen-bond acceptors (Lipinski definition) is 2. The number of hydrogen-bond donors (Lipinski definition) is 0. The van der Waals surface area contributed by atoms with Crippen molar-refractivity contribution in [1.82, 2.24) is 0 Å². The molecule has 0 fully saturated rings. The van der Waals surface area contributed by atoms with Crippen LogP contribution in [0.15, 0.2) is 60.7 Å². The van der Waals surface area contributed by atoms with E-state index in [0.29, 0.717) is 17.0 Å². The number of unbranched alkanes of at least 4 members (excludes halogenated alkanes) is 2. The molecule has 0 amide bonds. The van der Waals surface area contributed by atoms with Crippen molar-refractivity contribution in [3.63, 3.8) is 0 Å². The highest BCUT2D eigenvalue weighted by Gasteiger charge is 2.49. The summed E-state index contributed by atoms with van der Waals surface area (Å²) in [5.74, 6) is 0. The first-order chi connectivity index (χ1) is 12.4. The van der Waals surface area contributed by atoms with Gasteiger partial charge in [0.1, 0.15) is 6.10 Å². The molecule has 0 spiro atoms. The second-order valence-corrected chi connectivity index (χ2v) is 9.12. The fraction of sp³-hybridized carbons (Fsp3) is 0.400. The van der Waals surface area contributed by atoms with Crippen molar-refractivity contribution in [3.8, 4) is 0 Å². The average Bonchev–Trinajstić information content (AvgIpc) is 2.65. The fourth-order valence-corrected chi connectivity index (χ4v) is 6.04. The summed E-state index contributed by atoms with van der Waals surface area (Å²) in [5, 5.41) is 1.36. The zero-order valence-electron chi connectivity index (χ0n) is 15.1. The highest BCUT2D eigenvalue weighted by molar-refractivity contribution is 6.92. The van der Waals surface area contributed by atoms with Gasteiger partial charge in [0, 0.05) is 6.61 Å². The highest BCUT2D eigenvalue weighted by Crippen LogP contribution is 2.26. The minimum atomic E-state index is -4.45. The van der Waals surface area contributed by atoms with Crippen LogP contribution in [0.1, 0.15) is 33.1 Å². The van der Waals surface area contributed by atoms with E-state index in [0.717, 1.165) is 26.2 Å². The van der Waals surface area contributed by atoms with Crippen LogP contribution in [0.3, 0.4) is 0 Å². The van der Waals surface area contributed by atoms with Crippen LogP contribution in [0.4, 0.5) is 13.2 Å². The van der Waals surface area contributed by atoms with Gasteiger partial charge in [-0.3, -0.25) is 0 Å². The summed E-state index contributed by atoms with van der Waals surface area (Å²) in [4.78, 5) is 0. The minimum absolute atomic E-state index is 0.369. The monoisotopic (exact) mass is 382 g/mol. The van der Waals surface area contributed by atoms with Crippen LogP contribution in [0.2, 0.25) is 0 Å². The predicted molar refractivity (Wildman–Crippen MR) is 100.0 cm³/mol. The molecule has 0 heterocycles. The van der Waals surface area contributed by atoms with Crippen LogP contribution in [-0.4, -0.2) is 27.4 Å². The van der Waals surface area contributed by atoms with Gasteiger partial charge >= 0.3 is 14.7 Å². The van der Waals surface area contributed by atoms with Gasteiger partial charge in [-0.1, -0.05) is 80.4 Å². The summed E-state index contributed by atoms with van der Waals surface area (Å²) in [5.41, 5.74) is 0. The van der Waals surface area contributed by atoms with Gasteiger partial charge < -0.3 is 8.85 Å². The zero-order valence-corrected chi connectivity index (χ0v) is 16.1. The Morgan fingerprint density at radius 2 is 1.38 bits per heavy atom. The number of alkyl halides is 3. The lowest BCUT2D eigenvalue weighted by molar-refractivity contribution is -0.194. The Kier molecular flexibility index (Phi) is 7.43. The molecule has 2 aromatic rings. The van der Waals surface area contributed by atoms with Crippen molar-refractivity contribution < 1.29 is 22.0 Å². The van der Waals surface area contributed by atoms with Crippen LogP contribution in [-0.2, 0) is 8.85 Å². The van der Waals surface area contributed by atoms with Crippen molar-refractivity contribution in [2.24, 2.45) is 0 Å². The fourth-order valence-electron chi connectivity index (χ4n) is 2.70. The first-order valence-corrected chi connectivity index (χ1v) is 10.7. The van der Waals surface area contributed by atoms with Crippen LogP contribution in [0, 0.1) is 0 Å². The standard InChI is InChI=1S/C20H25F3O2Si/c1-3-4-11-16-24-26(18-12-7-5-8-13-18,19-14-9-6-10-15-19)25-17(2)20(21,22)23/h5-10,12-15,17H,3-4,11,16H2,1-2H3. The van der Waals surface area contributed by atoms with E-state index >= 15 is 0 Å². The molecule has 6 heteroatoms. The summed E-state index contributed by atoms with van der Waals surface area (Å²) in [6, 6.07) is 18.0. The molecule has 1 atom stereocenters. The van der Waals surface area contributed by atoms with Gasteiger partial charge in [0.25, 0.3) is 0 Å². The maximum absolute atomic E-state index is 13.3. The van der Waals surface area contributed by atoms with Gasteiger partial charge in [-0.2, -0.15) is 13.2 Å². The molecule has 142 valence electrons. The molecule has 0 radical (unpaired) electrons. The number of benzene rings is 2. The lowest BCUT2D eigenvalue weighted by Crippen LogP contribution is -2.65. The van der Waals surface area contributed by atoms with Gasteiger partial charge in [-0.15, -0.1) is 0 Å². The average molecular weight is 382 g/mol. The Bertz CT molecular complexity index is 608. The molecule has 0 aromatic heterocycles. The summed E-state index contributed by atoms with van der Waals surface area (Å²) in [6.07, 6.45) is -3.61.